The number of nitriles is 1. The third-order valence-corrected chi connectivity index (χ3v) is 3.29. The molecule has 18 heavy (non-hydrogen) atoms. The van der Waals surface area contributed by atoms with E-state index in [9.17, 15) is 4.39 Å². The number of aromatic nitrogens is 1. The molecule has 2 rings (SSSR count). The minimum atomic E-state index is -0.443. The predicted molar refractivity (Wildman–Crippen MR) is 68.3 cm³/mol. The van der Waals surface area contributed by atoms with Crippen molar-refractivity contribution in [1.29, 1.82) is 5.26 Å². The van der Waals surface area contributed by atoms with Gasteiger partial charge >= 0.3 is 0 Å². The van der Waals surface area contributed by atoms with Gasteiger partial charge in [0, 0.05) is 12.1 Å². The minimum absolute atomic E-state index is 0.215. The highest BCUT2D eigenvalue weighted by atomic mass is 32.1. The molecule has 1 heterocycles. The molecule has 1 N–H and O–H groups in total. The van der Waals surface area contributed by atoms with Crippen LogP contribution >= 0.6 is 11.3 Å². The Morgan fingerprint density at radius 2 is 2.39 bits per heavy atom. The lowest BCUT2D eigenvalue weighted by Gasteiger charge is -2.06. The summed E-state index contributed by atoms with van der Waals surface area (Å²) in [4.78, 5) is 3.99. The van der Waals surface area contributed by atoms with Crippen molar-refractivity contribution in [1.82, 2.24) is 10.3 Å². The van der Waals surface area contributed by atoms with Gasteiger partial charge in [0.25, 0.3) is 0 Å². The number of fused-ring (bicyclic) bond motifs is 1. The maximum Gasteiger partial charge on any atom is 0.195 e. The molecular weight excluding hydrogens is 253 g/mol. The fourth-order valence-corrected chi connectivity index (χ4v) is 2.29. The van der Waals surface area contributed by atoms with E-state index in [0.717, 1.165) is 17.7 Å². The van der Waals surface area contributed by atoms with Crippen LogP contribution in [0.15, 0.2) is 12.1 Å². The summed E-state index contributed by atoms with van der Waals surface area (Å²) < 4.78 is 19.8. The minimum Gasteiger partial charge on any atom is -0.490 e. The summed E-state index contributed by atoms with van der Waals surface area (Å²) in [6, 6.07) is 4.86. The molecule has 0 saturated carbocycles. The number of hydrogen-bond acceptors (Lipinski definition) is 5. The van der Waals surface area contributed by atoms with Crippen LogP contribution in [-0.4, -0.2) is 25.2 Å². The van der Waals surface area contributed by atoms with Crippen molar-refractivity contribution in [2.75, 3.05) is 20.2 Å². The maximum absolute atomic E-state index is 13.7. The maximum atomic E-state index is 13.7. The molecule has 0 radical (unpaired) electrons. The number of benzene rings is 1. The van der Waals surface area contributed by atoms with E-state index in [-0.39, 0.29) is 5.75 Å². The van der Waals surface area contributed by atoms with Gasteiger partial charge in [-0.2, -0.15) is 5.26 Å². The molecule has 0 bridgehead atoms. The zero-order chi connectivity index (χ0) is 13.0. The van der Waals surface area contributed by atoms with Crippen molar-refractivity contribution in [3.63, 3.8) is 0 Å². The molecule has 2 aromatic rings. The third-order valence-electron chi connectivity index (χ3n) is 2.37. The normalized spacial score (nSPS) is 10.5. The number of rotatable bonds is 5. The Morgan fingerprint density at radius 3 is 3.11 bits per heavy atom. The Labute approximate surface area is 108 Å². The lowest BCUT2D eigenvalue weighted by molar-refractivity contribution is 0.295. The highest BCUT2D eigenvalue weighted by Crippen LogP contribution is 2.28. The van der Waals surface area contributed by atoms with Gasteiger partial charge in [-0.15, -0.1) is 11.3 Å². The summed E-state index contributed by atoms with van der Waals surface area (Å²) in [5.74, 6) is -0.228. The van der Waals surface area contributed by atoms with E-state index in [4.69, 9.17) is 10.00 Å². The topological polar surface area (TPSA) is 57.9 Å². The van der Waals surface area contributed by atoms with Crippen LogP contribution in [0, 0.1) is 17.1 Å². The summed E-state index contributed by atoms with van der Waals surface area (Å²) >= 11 is 1.23. The molecule has 4 nitrogen and oxygen atoms in total. The molecule has 0 amide bonds. The van der Waals surface area contributed by atoms with Gasteiger partial charge in [-0.1, -0.05) is 0 Å². The second kappa shape index (κ2) is 5.76. The molecule has 0 aliphatic carbocycles. The first kappa shape index (κ1) is 12.7. The Morgan fingerprint density at radius 1 is 1.56 bits per heavy atom. The van der Waals surface area contributed by atoms with Gasteiger partial charge in [0.2, 0.25) is 0 Å². The average molecular weight is 265 g/mol. The fraction of sp³-hybridized carbons (Fsp3) is 0.333. The van der Waals surface area contributed by atoms with E-state index in [1.807, 2.05) is 13.1 Å². The first-order valence-electron chi connectivity index (χ1n) is 5.52. The van der Waals surface area contributed by atoms with E-state index < -0.39 is 5.82 Å². The lowest BCUT2D eigenvalue weighted by Crippen LogP contribution is -2.11. The first-order chi connectivity index (χ1) is 8.74. The quantitative estimate of drug-likeness (QED) is 0.843. The molecule has 0 atom stereocenters. The molecule has 6 heteroatoms. The third kappa shape index (κ3) is 2.75. The molecule has 1 aromatic carbocycles. The summed E-state index contributed by atoms with van der Waals surface area (Å²) in [6.45, 7) is 1.27. The van der Waals surface area contributed by atoms with E-state index in [1.165, 1.54) is 17.4 Å². The van der Waals surface area contributed by atoms with Gasteiger partial charge in [0.05, 0.1) is 16.8 Å². The van der Waals surface area contributed by atoms with Crippen LogP contribution in [0.4, 0.5) is 4.39 Å². The smallest absolute Gasteiger partial charge is 0.195 e. The van der Waals surface area contributed by atoms with Gasteiger partial charge in [-0.05, 0) is 20.0 Å². The molecule has 1 aromatic heterocycles. The standard InChI is InChI=1S/C12H12FN3OS/c1-15-3-2-4-17-10-6-11-9(5-8(10)13)16-12(7-14)18-11/h5-6,15H,2-4H2,1H3. The van der Waals surface area contributed by atoms with Crippen molar-refractivity contribution in [3.05, 3.63) is 23.0 Å². The summed E-state index contributed by atoms with van der Waals surface area (Å²) in [7, 11) is 1.85. The van der Waals surface area contributed by atoms with Gasteiger partial charge < -0.3 is 10.1 Å². The van der Waals surface area contributed by atoms with Crippen LogP contribution in [-0.2, 0) is 0 Å². The molecule has 0 aliphatic heterocycles. The number of nitrogens with one attached hydrogen (secondary N) is 1. The summed E-state index contributed by atoms with van der Waals surface area (Å²) in [6.07, 6.45) is 0.806. The average Bonchev–Trinajstić information content (AvgIpc) is 2.76. The van der Waals surface area contributed by atoms with Crippen LogP contribution in [0.5, 0.6) is 5.75 Å². The molecular formula is C12H12FN3OS. The number of thiazole rings is 1. The molecule has 0 aliphatic rings. The summed E-state index contributed by atoms with van der Waals surface area (Å²) in [5, 5.41) is 12.1. The molecule has 0 unspecified atom stereocenters. The van der Waals surface area contributed by atoms with Crippen LogP contribution in [0.2, 0.25) is 0 Å². The number of nitrogens with zero attached hydrogens (tertiary/aromatic N) is 2. The first-order valence-corrected chi connectivity index (χ1v) is 6.34. The van der Waals surface area contributed by atoms with Crippen LogP contribution in [0.25, 0.3) is 10.2 Å². The van der Waals surface area contributed by atoms with Crippen LogP contribution < -0.4 is 10.1 Å². The number of hydrogen-bond donors (Lipinski definition) is 1. The monoisotopic (exact) mass is 265 g/mol. The second-order valence-corrected chi connectivity index (χ2v) is 4.72. The molecule has 0 spiro atoms. The lowest BCUT2D eigenvalue weighted by atomic mass is 10.3. The number of halogens is 1. The SMILES string of the molecule is CNCCCOc1cc2sc(C#N)nc2cc1F. The zero-order valence-electron chi connectivity index (χ0n) is 9.86. The van der Waals surface area contributed by atoms with E-state index in [1.54, 1.807) is 6.07 Å². The Bertz CT molecular complexity index is 591. The van der Waals surface area contributed by atoms with E-state index >= 15 is 0 Å². The predicted octanol–water partition coefficient (Wildman–Crippen LogP) is 2.30. The van der Waals surface area contributed by atoms with Crippen LogP contribution in [0.3, 0.4) is 0 Å². The van der Waals surface area contributed by atoms with Gasteiger partial charge in [0.15, 0.2) is 16.6 Å². The van der Waals surface area contributed by atoms with Gasteiger partial charge in [-0.25, -0.2) is 9.37 Å². The van der Waals surface area contributed by atoms with Gasteiger partial charge in [0.1, 0.15) is 6.07 Å². The highest BCUT2D eigenvalue weighted by molar-refractivity contribution is 7.19. The van der Waals surface area contributed by atoms with Gasteiger partial charge in [-0.3, -0.25) is 0 Å². The fourth-order valence-electron chi connectivity index (χ4n) is 1.52. The van der Waals surface area contributed by atoms with E-state index in [2.05, 4.69) is 10.3 Å². The number of ether oxygens (including phenoxy) is 1. The molecule has 0 fully saturated rings. The Balaban J connectivity index is 2.18. The Kier molecular flexibility index (Phi) is 4.07. The Hall–Kier alpha value is -1.71. The van der Waals surface area contributed by atoms with Crippen molar-refractivity contribution < 1.29 is 9.13 Å². The molecule has 0 saturated heterocycles. The second-order valence-electron chi connectivity index (χ2n) is 3.69. The van der Waals surface area contributed by atoms with Crippen molar-refractivity contribution in [2.24, 2.45) is 0 Å². The van der Waals surface area contributed by atoms with Crippen molar-refractivity contribution in [3.8, 4) is 11.8 Å². The molecule has 94 valence electrons. The highest BCUT2D eigenvalue weighted by Gasteiger charge is 2.10. The van der Waals surface area contributed by atoms with Crippen molar-refractivity contribution >= 4 is 21.6 Å². The summed E-state index contributed by atoms with van der Waals surface area (Å²) in [5.41, 5.74) is 0.497. The largest absolute Gasteiger partial charge is 0.490 e. The van der Waals surface area contributed by atoms with E-state index in [0.29, 0.717) is 17.1 Å². The van der Waals surface area contributed by atoms with Crippen LogP contribution in [0.1, 0.15) is 11.4 Å². The van der Waals surface area contributed by atoms with Crippen molar-refractivity contribution in [2.45, 2.75) is 6.42 Å². The zero-order valence-corrected chi connectivity index (χ0v) is 10.7.